The first-order valence-electron chi connectivity index (χ1n) is 5.14. The molecule has 2 atom stereocenters. The van der Waals surface area contributed by atoms with Crippen LogP contribution < -0.4 is 5.32 Å². The summed E-state index contributed by atoms with van der Waals surface area (Å²) in [6.45, 7) is 0.223. The van der Waals surface area contributed by atoms with Gasteiger partial charge in [0.2, 0.25) is 0 Å². The number of nitrogens with zero attached hydrogens (tertiary/aromatic N) is 2. The summed E-state index contributed by atoms with van der Waals surface area (Å²) in [5, 5.41) is 13.0. The molecule has 0 saturated heterocycles. The van der Waals surface area contributed by atoms with Crippen LogP contribution in [-0.2, 0) is 0 Å². The number of aliphatic hydroxyl groups is 1. The highest BCUT2D eigenvalue weighted by atomic mass is 35.5. The van der Waals surface area contributed by atoms with Crippen molar-refractivity contribution in [2.45, 2.75) is 25.3 Å². The molecule has 5 heteroatoms. The van der Waals surface area contributed by atoms with E-state index in [1.165, 1.54) is 6.33 Å². The van der Waals surface area contributed by atoms with Crippen molar-refractivity contribution in [2.24, 2.45) is 5.92 Å². The highest BCUT2D eigenvalue weighted by Crippen LogP contribution is 2.29. The monoisotopic (exact) mass is 227 g/mol. The second-order valence-corrected chi connectivity index (χ2v) is 4.25. The molecule has 82 valence electrons. The first-order chi connectivity index (χ1) is 7.31. The summed E-state index contributed by atoms with van der Waals surface area (Å²) >= 11 is 5.94. The van der Waals surface area contributed by atoms with Crippen LogP contribution in [0, 0.1) is 5.92 Å². The molecule has 1 aliphatic carbocycles. The molecule has 1 saturated carbocycles. The molecule has 1 fully saturated rings. The maximum absolute atomic E-state index is 9.18. The summed E-state index contributed by atoms with van der Waals surface area (Å²) in [6.07, 6.45) is 6.31. The van der Waals surface area contributed by atoms with Crippen LogP contribution in [0.4, 0.5) is 5.82 Å². The predicted molar refractivity (Wildman–Crippen MR) is 58.9 cm³/mol. The van der Waals surface area contributed by atoms with Crippen molar-refractivity contribution >= 4 is 17.4 Å². The van der Waals surface area contributed by atoms with Crippen LogP contribution in [0.5, 0.6) is 0 Å². The molecule has 0 amide bonds. The minimum absolute atomic E-state index is 0.223. The van der Waals surface area contributed by atoms with Gasteiger partial charge in [-0.15, -0.1) is 0 Å². The molecule has 0 bridgehead atoms. The Hall–Kier alpha value is -0.870. The Kier molecular flexibility index (Phi) is 3.38. The number of hydrogen-bond donors (Lipinski definition) is 2. The Labute approximate surface area is 93.7 Å². The van der Waals surface area contributed by atoms with Gasteiger partial charge in [-0.1, -0.05) is 18.0 Å². The van der Waals surface area contributed by atoms with Crippen molar-refractivity contribution in [3.63, 3.8) is 0 Å². The number of nitrogens with one attached hydrogen (secondary N) is 1. The summed E-state index contributed by atoms with van der Waals surface area (Å²) in [5.41, 5.74) is 0. The van der Waals surface area contributed by atoms with E-state index in [1.54, 1.807) is 6.20 Å². The van der Waals surface area contributed by atoms with Gasteiger partial charge >= 0.3 is 0 Å². The Morgan fingerprint density at radius 3 is 3.13 bits per heavy atom. The minimum Gasteiger partial charge on any atom is -0.396 e. The molecule has 15 heavy (non-hydrogen) atoms. The number of aromatic nitrogens is 2. The molecular weight excluding hydrogens is 214 g/mol. The fourth-order valence-electron chi connectivity index (χ4n) is 2.04. The first kappa shape index (κ1) is 10.6. The van der Waals surface area contributed by atoms with Crippen molar-refractivity contribution in [1.29, 1.82) is 0 Å². The van der Waals surface area contributed by atoms with E-state index >= 15 is 0 Å². The topological polar surface area (TPSA) is 58.0 Å². The van der Waals surface area contributed by atoms with E-state index in [4.69, 9.17) is 11.6 Å². The molecule has 0 radical (unpaired) electrons. The standard InChI is InChI=1S/C10H14ClN3O/c11-8-4-12-6-13-10(8)14-9-3-1-2-7(9)5-15/h4,6-7,9,15H,1-3,5H2,(H,12,13,14). The largest absolute Gasteiger partial charge is 0.396 e. The average Bonchev–Trinajstić information content (AvgIpc) is 2.69. The lowest BCUT2D eigenvalue weighted by Gasteiger charge is -2.19. The SMILES string of the molecule is OCC1CCCC1Nc1ncncc1Cl. The first-order valence-corrected chi connectivity index (χ1v) is 5.52. The molecule has 1 aliphatic rings. The van der Waals surface area contributed by atoms with Gasteiger partial charge in [-0.2, -0.15) is 0 Å². The molecule has 1 aromatic rings. The molecule has 4 nitrogen and oxygen atoms in total. The molecular formula is C10H14ClN3O. The van der Waals surface area contributed by atoms with Gasteiger partial charge in [0.25, 0.3) is 0 Å². The van der Waals surface area contributed by atoms with Crippen LogP contribution in [0.1, 0.15) is 19.3 Å². The third kappa shape index (κ3) is 2.38. The van der Waals surface area contributed by atoms with Gasteiger partial charge in [0, 0.05) is 18.6 Å². The summed E-state index contributed by atoms with van der Waals surface area (Å²) in [5.74, 6) is 0.980. The van der Waals surface area contributed by atoms with Crippen molar-refractivity contribution in [2.75, 3.05) is 11.9 Å². The van der Waals surface area contributed by atoms with E-state index in [9.17, 15) is 5.11 Å². The van der Waals surface area contributed by atoms with Crippen LogP contribution in [0.15, 0.2) is 12.5 Å². The second-order valence-electron chi connectivity index (χ2n) is 3.84. The van der Waals surface area contributed by atoms with E-state index in [1.807, 2.05) is 0 Å². The Balaban J connectivity index is 2.05. The number of anilines is 1. The van der Waals surface area contributed by atoms with Crippen molar-refractivity contribution in [3.05, 3.63) is 17.5 Å². The molecule has 0 spiro atoms. The van der Waals surface area contributed by atoms with Gasteiger partial charge in [0.05, 0.1) is 6.20 Å². The van der Waals surface area contributed by atoms with E-state index in [2.05, 4.69) is 15.3 Å². The maximum atomic E-state index is 9.18. The van der Waals surface area contributed by atoms with Crippen molar-refractivity contribution in [3.8, 4) is 0 Å². The summed E-state index contributed by atoms with van der Waals surface area (Å²) in [7, 11) is 0. The van der Waals surface area contributed by atoms with Crippen LogP contribution in [0.25, 0.3) is 0 Å². The third-order valence-corrected chi connectivity index (χ3v) is 3.16. The van der Waals surface area contributed by atoms with E-state index < -0.39 is 0 Å². The fraction of sp³-hybridized carbons (Fsp3) is 0.600. The van der Waals surface area contributed by atoms with Gasteiger partial charge in [0.15, 0.2) is 0 Å². The zero-order chi connectivity index (χ0) is 10.7. The number of hydrogen-bond acceptors (Lipinski definition) is 4. The summed E-state index contributed by atoms with van der Waals surface area (Å²) < 4.78 is 0. The van der Waals surface area contributed by atoms with Gasteiger partial charge in [-0.05, 0) is 12.8 Å². The summed E-state index contributed by atoms with van der Waals surface area (Å²) in [6, 6.07) is 0.280. The molecule has 1 aromatic heterocycles. The zero-order valence-corrected chi connectivity index (χ0v) is 9.11. The second kappa shape index (κ2) is 4.77. The Morgan fingerprint density at radius 1 is 1.53 bits per heavy atom. The lowest BCUT2D eigenvalue weighted by atomic mass is 10.1. The molecule has 0 aliphatic heterocycles. The third-order valence-electron chi connectivity index (χ3n) is 2.88. The minimum atomic E-state index is 0.223. The number of rotatable bonds is 3. The van der Waals surface area contributed by atoms with Crippen LogP contribution in [-0.4, -0.2) is 27.7 Å². The highest BCUT2D eigenvalue weighted by Gasteiger charge is 2.27. The molecule has 0 aromatic carbocycles. The molecule has 1 heterocycles. The van der Waals surface area contributed by atoms with Gasteiger partial charge < -0.3 is 10.4 Å². The van der Waals surface area contributed by atoms with Gasteiger partial charge in [0.1, 0.15) is 17.2 Å². The molecule has 2 unspecified atom stereocenters. The number of aliphatic hydroxyl groups excluding tert-OH is 1. The van der Waals surface area contributed by atoms with E-state index in [-0.39, 0.29) is 12.6 Å². The lowest BCUT2D eigenvalue weighted by Crippen LogP contribution is -2.26. The molecule has 2 rings (SSSR count). The molecule has 2 N–H and O–H groups in total. The Bertz CT molecular complexity index is 334. The maximum Gasteiger partial charge on any atom is 0.148 e. The van der Waals surface area contributed by atoms with E-state index in [0.717, 1.165) is 19.3 Å². The van der Waals surface area contributed by atoms with Crippen molar-refractivity contribution < 1.29 is 5.11 Å². The Morgan fingerprint density at radius 2 is 2.40 bits per heavy atom. The summed E-state index contributed by atoms with van der Waals surface area (Å²) in [4.78, 5) is 7.90. The van der Waals surface area contributed by atoms with Crippen molar-refractivity contribution in [1.82, 2.24) is 9.97 Å². The fourth-order valence-corrected chi connectivity index (χ4v) is 2.20. The number of halogens is 1. The zero-order valence-electron chi connectivity index (χ0n) is 8.36. The smallest absolute Gasteiger partial charge is 0.148 e. The quantitative estimate of drug-likeness (QED) is 0.826. The van der Waals surface area contributed by atoms with Gasteiger partial charge in [-0.3, -0.25) is 0 Å². The normalized spacial score (nSPS) is 25.5. The predicted octanol–water partition coefficient (Wildman–Crippen LogP) is 1.70. The van der Waals surface area contributed by atoms with Crippen LogP contribution in [0.3, 0.4) is 0 Å². The average molecular weight is 228 g/mol. The lowest BCUT2D eigenvalue weighted by molar-refractivity contribution is 0.222. The van der Waals surface area contributed by atoms with Crippen LogP contribution in [0.2, 0.25) is 5.02 Å². The van der Waals surface area contributed by atoms with Gasteiger partial charge in [-0.25, -0.2) is 9.97 Å². The van der Waals surface area contributed by atoms with E-state index in [0.29, 0.717) is 16.8 Å². The highest BCUT2D eigenvalue weighted by molar-refractivity contribution is 6.32. The van der Waals surface area contributed by atoms with Crippen LogP contribution >= 0.6 is 11.6 Å².